The summed E-state index contributed by atoms with van der Waals surface area (Å²) in [6, 6.07) is 0. The van der Waals surface area contributed by atoms with Crippen LogP contribution in [0.1, 0.15) is 90.9 Å². The van der Waals surface area contributed by atoms with Crippen molar-refractivity contribution in [3.05, 3.63) is 0 Å². The maximum atomic E-state index is 9.36. The van der Waals surface area contributed by atoms with Crippen molar-refractivity contribution in [2.75, 3.05) is 54.9 Å². The normalized spacial score (nSPS) is 11.0. The Labute approximate surface area is 189 Å². The van der Waals surface area contributed by atoms with E-state index in [1.165, 1.54) is 64.2 Å². The number of rotatable bonds is 21. The highest BCUT2D eigenvalue weighted by Gasteiger charge is 2.13. The molecule has 31 heavy (non-hydrogen) atoms. The summed E-state index contributed by atoms with van der Waals surface area (Å²) in [5.41, 5.74) is 0. The van der Waals surface area contributed by atoms with Crippen LogP contribution in [-0.2, 0) is 0 Å². The molecule has 180 valence electrons. The van der Waals surface area contributed by atoms with Crippen molar-refractivity contribution in [3.8, 4) is 0 Å². The van der Waals surface area contributed by atoms with Crippen LogP contribution in [0.25, 0.3) is 0 Å². The lowest BCUT2D eigenvalue weighted by Crippen LogP contribution is -2.32. The zero-order valence-electron chi connectivity index (χ0n) is 19.9. The molecule has 8 heteroatoms. The Hall–Kier alpha value is -1.67. The summed E-state index contributed by atoms with van der Waals surface area (Å²) in [7, 11) is 0. The average Bonchev–Trinajstić information content (AvgIpc) is 2.77. The lowest BCUT2D eigenvalue weighted by molar-refractivity contribution is 0.280. The molecule has 0 aliphatic rings. The van der Waals surface area contributed by atoms with Crippen LogP contribution < -0.4 is 15.5 Å². The first kappa shape index (κ1) is 27.4. The fraction of sp³-hybridized carbons (Fsp3) is 0.870. The number of nitrogens with one attached hydrogen (secondary N) is 2. The molecular weight excluding hydrogens is 392 g/mol. The van der Waals surface area contributed by atoms with E-state index in [0.717, 1.165) is 25.9 Å². The highest BCUT2D eigenvalue weighted by atomic mass is 16.3. The molecule has 1 rings (SSSR count). The molecule has 0 fully saturated rings. The first-order valence-electron chi connectivity index (χ1n) is 12.5. The lowest BCUT2D eigenvalue weighted by Gasteiger charge is -2.21. The van der Waals surface area contributed by atoms with E-state index in [0.29, 0.717) is 30.9 Å². The van der Waals surface area contributed by atoms with E-state index in [4.69, 9.17) is 0 Å². The van der Waals surface area contributed by atoms with Gasteiger partial charge in [0.25, 0.3) is 0 Å². The molecule has 0 amide bonds. The summed E-state index contributed by atoms with van der Waals surface area (Å²) < 4.78 is 0. The van der Waals surface area contributed by atoms with Gasteiger partial charge in [0, 0.05) is 26.2 Å². The summed E-state index contributed by atoms with van der Waals surface area (Å²) in [5.74, 6) is 1.57. The van der Waals surface area contributed by atoms with Crippen LogP contribution in [0.15, 0.2) is 0 Å². The third-order valence-corrected chi connectivity index (χ3v) is 5.27. The molecule has 0 aromatic carbocycles. The van der Waals surface area contributed by atoms with Crippen LogP contribution in [0.3, 0.4) is 0 Å². The summed E-state index contributed by atoms with van der Waals surface area (Å²) in [4.78, 5) is 15.4. The van der Waals surface area contributed by atoms with Crippen LogP contribution in [0.5, 0.6) is 0 Å². The summed E-state index contributed by atoms with van der Waals surface area (Å²) in [6.45, 7) is 6.82. The van der Waals surface area contributed by atoms with E-state index in [-0.39, 0.29) is 13.2 Å². The van der Waals surface area contributed by atoms with Gasteiger partial charge in [0.2, 0.25) is 17.8 Å². The quantitative estimate of drug-likeness (QED) is 0.212. The van der Waals surface area contributed by atoms with Gasteiger partial charge in [-0.3, -0.25) is 0 Å². The molecule has 4 N–H and O–H groups in total. The molecular formula is C23H46N6O2. The molecule has 8 nitrogen and oxygen atoms in total. The molecule has 0 unspecified atom stereocenters. The van der Waals surface area contributed by atoms with Gasteiger partial charge in [0.15, 0.2) is 0 Å². The largest absolute Gasteiger partial charge is 0.395 e. The Kier molecular flexibility index (Phi) is 16.8. The molecule has 1 aromatic heterocycles. The number of aliphatic hydroxyl groups is 2. The minimum atomic E-state index is -0.0211. The number of aliphatic hydroxyl groups excluding tert-OH is 2. The van der Waals surface area contributed by atoms with Gasteiger partial charge in [-0.2, -0.15) is 15.0 Å². The molecule has 0 spiro atoms. The molecule has 0 aliphatic carbocycles. The highest BCUT2D eigenvalue weighted by molar-refractivity contribution is 5.43. The standard InChI is InChI=1S/C23H46N6O2/c1-3-5-7-9-11-13-15-24-21-26-22(25-16-14-12-10-8-6-4-2)28-23(27-21)29(17-19-30)18-20-31/h30-31H,3-20H2,1-2H3,(H2,24,25,26,27,28). The van der Waals surface area contributed by atoms with Gasteiger partial charge >= 0.3 is 0 Å². The Morgan fingerprint density at radius 2 is 1.03 bits per heavy atom. The van der Waals surface area contributed by atoms with Gasteiger partial charge in [-0.1, -0.05) is 78.1 Å². The summed E-state index contributed by atoms with van der Waals surface area (Å²) in [5, 5.41) is 25.4. The number of hydrogen-bond donors (Lipinski definition) is 4. The minimum absolute atomic E-state index is 0.0211. The molecule has 0 aliphatic heterocycles. The Balaban J connectivity index is 2.62. The second-order valence-electron chi connectivity index (χ2n) is 8.11. The number of unbranched alkanes of at least 4 members (excludes halogenated alkanes) is 10. The van der Waals surface area contributed by atoms with Gasteiger partial charge in [-0.15, -0.1) is 0 Å². The minimum Gasteiger partial charge on any atom is -0.395 e. The molecule has 0 bridgehead atoms. The highest BCUT2D eigenvalue weighted by Crippen LogP contribution is 2.15. The first-order valence-corrected chi connectivity index (χ1v) is 12.5. The van der Waals surface area contributed by atoms with E-state index in [1.54, 1.807) is 4.90 Å². The molecule has 0 saturated carbocycles. The average molecular weight is 439 g/mol. The number of aromatic nitrogens is 3. The van der Waals surface area contributed by atoms with Gasteiger partial charge in [-0.25, -0.2) is 0 Å². The van der Waals surface area contributed by atoms with Crippen LogP contribution in [0, 0.1) is 0 Å². The maximum Gasteiger partial charge on any atom is 0.232 e. The third kappa shape index (κ3) is 13.4. The molecule has 0 saturated heterocycles. The molecule has 0 atom stereocenters. The van der Waals surface area contributed by atoms with Crippen LogP contribution >= 0.6 is 0 Å². The molecule has 1 heterocycles. The van der Waals surface area contributed by atoms with Crippen molar-refractivity contribution < 1.29 is 10.2 Å². The van der Waals surface area contributed by atoms with Crippen LogP contribution in [0.2, 0.25) is 0 Å². The zero-order valence-corrected chi connectivity index (χ0v) is 19.9. The van der Waals surface area contributed by atoms with E-state index in [2.05, 4.69) is 39.4 Å². The predicted molar refractivity (Wildman–Crippen MR) is 130 cm³/mol. The second-order valence-corrected chi connectivity index (χ2v) is 8.11. The Morgan fingerprint density at radius 1 is 0.613 bits per heavy atom. The molecule has 1 aromatic rings. The van der Waals surface area contributed by atoms with E-state index < -0.39 is 0 Å². The topological polar surface area (TPSA) is 106 Å². The summed E-state index contributed by atoms with van der Waals surface area (Å²) >= 11 is 0. The monoisotopic (exact) mass is 438 g/mol. The fourth-order valence-electron chi connectivity index (χ4n) is 3.43. The van der Waals surface area contributed by atoms with E-state index >= 15 is 0 Å². The van der Waals surface area contributed by atoms with Gasteiger partial charge in [0.1, 0.15) is 0 Å². The number of nitrogens with zero attached hydrogens (tertiary/aromatic N) is 4. The lowest BCUT2D eigenvalue weighted by atomic mass is 10.1. The Morgan fingerprint density at radius 3 is 1.45 bits per heavy atom. The van der Waals surface area contributed by atoms with Gasteiger partial charge in [-0.05, 0) is 12.8 Å². The first-order chi connectivity index (χ1) is 15.2. The van der Waals surface area contributed by atoms with Crippen LogP contribution in [-0.4, -0.2) is 64.6 Å². The van der Waals surface area contributed by atoms with Crippen molar-refractivity contribution in [1.29, 1.82) is 0 Å². The third-order valence-electron chi connectivity index (χ3n) is 5.27. The summed E-state index contributed by atoms with van der Waals surface area (Å²) in [6.07, 6.45) is 14.9. The number of hydrogen-bond acceptors (Lipinski definition) is 8. The van der Waals surface area contributed by atoms with Crippen molar-refractivity contribution in [1.82, 2.24) is 15.0 Å². The fourth-order valence-corrected chi connectivity index (χ4v) is 3.43. The predicted octanol–water partition coefficient (Wildman–Crippen LogP) is 4.21. The maximum absolute atomic E-state index is 9.36. The second kappa shape index (κ2) is 19.0. The van der Waals surface area contributed by atoms with Crippen molar-refractivity contribution in [2.45, 2.75) is 90.9 Å². The van der Waals surface area contributed by atoms with Crippen LogP contribution in [0.4, 0.5) is 17.8 Å². The SMILES string of the molecule is CCCCCCCCNc1nc(NCCCCCCCC)nc(N(CCO)CCO)n1. The Bertz CT molecular complexity index is 505. The smallest absolute Gasteiger partial charge is 0.232 e. The zero-order chi connectivity index (χ0) is 22.6. The van der Waals surface area contributed by atoms with Crippen molar-refractivity contribution in [2.24, 2.45) is 0 Å². The van der Waals surface area contributed by atoms with E-state index in [9.17, 15) is 10.2 Å². The van der Waals surface area contributed by atoms with E-state index in [1.807, 2.05) is 0 Å². The number of anilines is 3. The van der Waals surface area contributed by atoms with Gasteiger partial charge < -0.3 is 25.7 Å². The van der Waals surface area contributed by atoms with Crippen molar-refractivity contribution >= 4 is 17.8 Å². The van der Waals surface area contributed by atoms with Gasteiger partial charge in [0.05, 0.1) is 13.2 Å². The molecule has 0 radical (unpaired) electrons. The van der Waals surface area contributed by atoms with Crippen molar-refractivity contribution in [3.63, 3.8) is 0 Å².